The average molecular weight is 299 g/mol. The van der Waals surface area contributed by atoms with Crippen LogP contribution in [0.5, 0.6) is 0 Å². The SMILES string of the molecule is NC(=O)CC1CCN(C(=O)NC2COCC2C(=O)O)CC1. The molecule has 2 atom stereocenters. The van der Waals surface area contributed by atoms with Crippen molar-refractivity contribution in [3.63, 3.8) is 0 Å². The maximum Gasteiger partial charge on any atom is 0.317 e. The molecule has 0 radical (unpaired) electrons. The Morgan fingerprint density at radius 3 is 2.48 bits per heavy atom. The van der Waals surface area contributed by atoms with Crippen molar-refractivity contribution in [3.8, 4) is 0 Å². The van der Waals surface area contributed by atoms with E-state index in [-0.39, 0.29) is 31.1 Å². The summed E-state index contributed by atoms with van der Waals surface area (Å²) in [6, 6.07) is -0.757. The summed E-state index contributed by atoms with van der Waals surface area (Å²) in [5.41, 5.74) is 5.17. The minimum atomic E-state index is -0.960. The van der Waals surface area contributed by atoms with Gasteiger partial charge in [-0.25, -0.2) is 4.79 Å². The highest BCUT2D eigenvalue weighted by atomic mass is 16.5. The number of carbonyl (C=O) groups excluding carboxylic acids is 2. The van der Waals surface area contributed by atoms with E-state index in [1.807, 2.05) is 0 Å². The van der Waals surface area contributed by atoms with E-state index in [2.05, 4.69) is 5.32 Å². The van der Waals surface area contributed by atoms with Gasteiger partial charge < -0.3 is 25.8 Å². The summed E-state index contributed by atoms with van der Waals surface area (Å²) < 4.78 is 5.11. The first-order valence-corrected chi connectivity index (χ1v) is 7.11. The van der Waals surface area contributed by atoms with Crippen LogP contribution < -0.4 is 11.1 Å². The van der Waals surface area contributed by atoms with Gasteiger partial charge in [0, 0.05) is 19.5 Å². The zero-order chi connectivity index (χ0) is 15.4. The number of likely N-dealkylation sites (tertiary alicyclic amines) is 1. The fraction of sp³-hybridized carbons (Fsp3) is 0.769. The topological polar surface area (TPSA) is 122 Å². The Bertz CT molecular complexity index is 420. The van der Waals surface area contributed by atoms with E-state index in [1.165, 1.54) is 0 Å². The second kappa shape index (κ2) is 6.75. The molecule has 2 rings (SSSR count). The van der Waals surface area contributed by atoms with Crippen molar-refractivity contribution in [2.45, 2.75) is 25.3 Å². The number of rotatable bonds is 4. The van der Waals surface area contributed by atoms with Crippen LogP contribution >= 0.6 is 0 Å². The maximum atomic E-state index is 12.1. The Morgan fingerprint density at radius 1 is 1.24 bits per heavy atom. The number of hydrogen-bond donors (Lipinski definition) is 3. The van der Waals surface area contributed by atoms with Crippen LogP contribution in [0.1, 0.15) is 19.3 Å². The largest absolute Gasteiger partial charge is 0.481 e. The van der Waals surface area contributed by atoms with Gasteiger partial charge in [-0.05, 0) is 18.8 Å². The summed E-state index contributed by atoms with van der Waals surface area (Å²) in [6.07, 6.45) is 1.83. The molecule has 3 amide bonds. The quantitative estimate of drug-likeness (QED) is 0.639. The number of piperidine rings is 1. The minimum absolute atomic E-state index is 0.126. The molecule has 118 valence electrons. The molecule has 0 spiro atoms. The molecule has 8 nitrogen and oxygen atoms in total. The molecule has 0 aromatic heterocycles. The maximum absolute atomic E-state index is 12.1. The number of hydrogen-bond acceptors (Lipinski definition) is 4. The van der Waals surface area contributed by atoms with Crippen molar-refractivity contribution in [1.29, 1.82) is 0 Å². The Kier molecular flexibility index (Phi) is 5.00. The van der Waals surface area contributed by atoms with E-state index < -0.39 is 17.9 Å². The zero-order valence-corrected chi connectivity index (χ0v) is 11.8. The fourth-order valence-electron chi connectivity index (χ4n) is 2.81. The number of nitrogens with two attached hydrogens (primary N) is 1. The highest BCUT2D eigenvalue weighted by molar-refractivity contribution is 5.77. The first-order valence-electron chi connectivity index (χ1n) is 7.11. The second-order valence-electron chi connectivity index (χ2n) is 5.64. The van der Waals surface area contributed by atoms with Crippen molar-refractivity contribution >= 4 is 17.9 Å². The molecule has 2 saturated heterocycles. The molecule has 0 aromatic rings. The van der Waals surface area contributed by atoms with Gasteiger partial charge in [0.15, 0.2) is 0 Å². The predicted molar refractivity (Wildman–Crippen MR) is 72.4 cm³/mol. The molecular weight excluding hydrogens is 278 g/mol. The third-order valence-corrected chi connectivity index (χ3v) is 4.10. The molecule has 2 aliphatic heterocycles. The van der Waals surface area contributed by atoms with Crippen LogP contribution in [0.25, 0.3) is 0 Å². The van der Waals surface area contributed by atoms with Gasteiger partial charge >= 0.3 is 12.0 Å². The van der Waals surface area contributed by atoms with Crippen molar-refractivity contribution in [2.24, 2.45) is 17.6 Å². The highest BCUT2D eigenvalue weighted by Crippen LogP contribution is 2.21. The predicted octanol–water partition coefficient (Wildman–Crippen LogP) is -0.617. The molecule has 2 aliphatic rings. The first-order chi connectivity index (χ1) is 9.97. The van der Waals surface area contributed by atoms with E-state index in [4.69, 9.17) is 15.6 Å². The number of urea groups is 1. The number of carboxylic acids is 1. The summed E-state index contributed by atoms with van der Waals surface area (Å²) in [6.45, 7) is 1.45. The first kappa shape index (κ1) is 15.6. The van der Waals surface area contributed by atoms with Crippen molar-refractivity contribution < 1.29 is 24.2 Å². The molecule has 0 aromatic carbocycles. The van der Waals surface area contributed by atoms with Crippen LogP contribution in [-0.2, 0) is 14.3 Å². The van der Waals surface area contributed by atoms with Gasteiger partial charge in [-0.15, -0.1) is 0 Å². The standard InChI is InChI=1S/C13H21N3O5/c14-11(17)5-8-1-3-16(4-2-8)13(20)15-10-7-21-6-9(10)12(18)19/h8-10H,1-7H2,(H2,14,17)(H,15,20)(H,18,19). The van der Waals surface area contributed by atoms with Gasteiger partial charge in [0.1, 0.15) is 5.92 Å². The normalized spacial score (nSPS) is 26.6. The van der Waals surface area contributed by atoms with Gasteiger partial charge in [-0.2, -0.15) is 0 Å². The minimum Gasteiger partial charge on any atom is -0.481 e. The lowest BCUT2D eigenvalue weighted by molar-refractivity contribution is -0.142. The van der Waals surface area contributed by atoms with Gasteiger partial charge in [-0.3, -0.25) is 9.59 Å². The van der Waals surface area contributed by atoms with E-state index in [0.29, 0.717) is 19.5 Å². The van der Waals surface area contributed by atoms with Crippen molar-refractivity contribution in [2.75, 3.05) is 26.3 Å². The molecule has 0 saturated carbocycles. The molecule has 4 N–H and O–H groups in total. The molecule has 2 unspecified atom stereocenters. The summed E-state index contributed by atoms with van der Waals surface area (Å²) in [4.78, 5) is 35.7. The second-order valence-corrected chi connectivity index (χ2v) is 5.64. The van der Waals surface area contributed by atoms with Crippen molar-refractivity contribution in [3.05, 3.63) is 0 Å². The number of carbonyl (C=O) groups is 3. The lowest BCUT2D eigenvalue weighted by Crippen LogP contribution is -2.51. The van der Waals surface area contributed by atoms with E-state index in [1.54, 1.807) is 4.90 Å². The van der Waals surface area contributed by atoms with Gasteiger partial charge in [0.05, 0.1) is 19.3 Å². The van der Waals surface area contributed by atoms with Gasteiger partial charge in [0.2, 0.25) is 5.91 Å². The molecule has 0 bridgehead atoms. The molecule has 21 heavy (non-hydrogen) atoms. The molecule has 8 heteroatoms. The van der Waals surface area contributed by atoms with Crippen LogP contribution in [0.4, 0.5) is 4.79 Å². The Morgan fingerprint density at radius 2 is 1.90 bits per heavy atom. The third kappa shape index (κ3) is 4.07. The number of ether oxygens (including phenoxy) is 1. The smallest absolute Gasteiger partial charge is 0.317 e. The van der Waals surface area contributed by atoms with Crippen molar-refractivity contribution in [1.82, 2.24) is 10.2 Å². The Balaban J connectivity index is 1.79. The zero-order valence-electron chi connectivity index (χ0n) is 11.8. The number of carboxylic acid groups (broad SMARTS) is 1. The van der Waals surface area contributed by atoms with Gasteiger partial charge in [0.25, 0.3) is 0 Å². The molecular formula is C13H21N3O5. The van der Waals surface area contributed by atoms with E-state index in [9.17, 15) is 14.4 Å². The van der Waals surface area contributed by atoms with Crippen LogP contribution in [0.15, 0.2) is 0 Å². The number of primary amides is 1. The van der Waals surface area contributed by atoms with Crippen LogP contribution in [0.2, 0.25) is 0 Å². The molecule has 2 heterocycles. The van der Waals surface area contributed by atoms with E-state index >= 15 is 0 Å². The third-order valence-electron chi connectivity index (χ3n) is 4.10. The highest BCUT2D eigenvalue weighted by Gasteiger charge is 2.36. The average Bonchev–Trinajstić information content (AvgIpc) is 2.87. The lowest BCUT2D eigenvalue weighted by atomic mass is 9.93. The van der Waals surface area contributed by atoms with Crippen LogP contribution in [0, 0.1) is 11.8 Å². The number of nitrogens with zero attached hydrogens (tertiary/aromatic N) is 1. The molecule has 0 aliphatic carbocycles. The Labute approximate surface area is 122 Å². The fourth-order valence-corrected chi connectivity index (χ4v) is 2.81. The van der Waals surface area contributed by atoms with E-state index in [0.717, 1.165) is 12.8 Å². The number of amides is 3. The lowest BCUT2D eigenvalue weighted by Gasteiger charge is -2.32. The summed E-state index contributed by atoms with van der Waals surface area (Å²) in [5, 5.41) is 11.8. The van der Waals surface area contributed by atoms with Crippen LogP contribution in [-0.4, -0.2) is 60.3 Å². The number of nitrogens with one attached hydrogen (secondary N) is 1. The summed E-state index contributed by atoms with van der Waals surface area (Å²) in [5.74, 6) is -1.74. The summed E-state index contributed by atoms with van der Waals surface area (Å²) >= 11 is 0. The number of aliphatic carboxylic acids is 1. The van der Waals surface area contributed by atoms with Crippen LogP contribution in [0.3, 0.4) is 0 Å². The van der Waals surface area contributed by atoms with Gasteiger partial charge in [-0.1, -0.05) is 0 Å². The Hall–Kier alpha value is -1.83. The summed E-state index contributed by atoms with van der Waals surface area (Å²) in [7, 11) is 0. The monoisotopic (exact) mass is 299 g/mol. The molecule has 2 fully saturated rings.